The molecule has 0 aliphatic carbocycles. The zero-order valence-electron chi connectivity index (χ0n) is 9.40. The second-order valence-electron chi connectivity index (χ2n) is 3.49. The number of hydrogen-bond acceptors (Lipinski definition) is 3. The maximum Gasteiger partial charge on any atom is 0.188 e. The highest BCUT2D eigenvalue weighted by Crippen LogP contribution is 2.17. The van der Waals surface area contributed by atoms with Crippen LogP contribution in [0.4, 0.5) is 0 Å². The molecule has 0 aliphatic rings. The Morgan fingerprint density at radius 1 is 1.38 bits per heavy atom. The molecule has 86 valence electrons. The van der Waals surface area contributed by atoms with E-state index in [2.05, 4.69) is 6.58 Å². The standard InChI is InChI=1S/C13H16O2S/c1-10(4-3-9-14)13(15)11-5-7-12(16-2)8-6-11/h5-8,14H,1,3-4,9H2,2H3. The topological polar surface area (TPSA) is 37.3 Å². The van der Waals surface area contributed by atoms with Gasteiger partial charge in [-0.1, -0.05) is 6.58 Å². The lowest BCUT2D eigenvalue weighted by molar-refractivity contribution is 0.103. The summed E-state index contributed by atoms with van der Waals surface area (Å²) in [7, 11) is 0. The summed E-state index contributed by atoms with van der Waals surface area (Å²) in [6.07, 6.45) is 3.14. The van der Waals surface area contributed by atoms with E-state index in [0.29, 0.717) is 24.0 Å². The van der Waals surface area contributed by atoms with E-state index < -0.39 is 0 Å². The van der Waals surface area contributed by atoms with Gasteiger partial charge in [0.1, 0.15) is 0 Å². The number of rotatable bonds is 6. The number of hydrogen-bond donors (Lipinski definition) is 1. The van der Waals surface area contributed by atoms with Gasteiger partial charge < -0.3 is 5.11 Å². The van der Waals surface area contributed by atoms with Crippen LogP contribution in [0.3, 0.4) is 0 Å². The van der Waals surface area contributed by atoms with Gasteiger partial charge in [0.05, 0.1) is 0 Å². The van der Waals surface area contributed by atoms with E-state index in [1.807, 2.05) is 30.5 Å². The molecule has 0 atom stereocenters. The number of carbonyl (C=O) groups excluding carboxylic acids is 1. The number of Topliss-reactive ketones (excluding diaryl/α,β-unsaturated/α-hetero) is 1. The molecule has 0 bridgehead atoms. The van der Waals surface area contributed by atoms with Crippen molar-refractivity contribution in [1.29, 1.82) is 0 Å². The van der Waals surface area contributed by atoms with Crippen molar-refractivity contribution in [2.45, 2.75) is 17.7 Å². The lowest BCUT2D eigenvalue weighted by Gasteiger charge is -2.04. The van der Waals surface area contributed by atoms with Gasteiger partial charge in [-0.2, -0.15) is 0 Å². The van der Waals surface area contributed by atoms with Crippen LogP contribution in [0.15, 0.2) is 41.3 Å². The quantitative estimate of drug-likeness (QED) is 0.469. The van der Waals surface area contributed by atoms with Crippen molar-refractivity contribution in [2.24, 2.45) is 0 Å². The van der Waals surface area contributed by atoms with Gasteiger partial charge in [0.25, 0.3) is 0 Å². The summed E-state index contributed by atoms with van der Waals surface area (Å²) in [5, 5.41) is 8.68. The van der Waals surface area contributed by atoms with Crippen LogP contribution in [0, 0.1) is 0 Å². The van der Waals surface area contributed by atoms with Crippen LogP contribution in [-0.2, 0) is 0 Å². The van der Waals surface area contributed by atoms with E-state index in [0.717, 1.165) is 4.90 Å². The largest absolute Gasteiger partial charge is 0.396 e. The van der Waals surface area contributed by atoms with E-state index >= 15 is 0 Å². The summed E-state index contributed by atoms with van der Waals surface area (Å²) in [6.45, 7) is 3.84. The molecule has 0 aliphatic heterocycles. The first-order valence-corrected chi connectivity index (χ1v) is 6.39. The van der Waals surface area contributed by atoms with Gasteiger partial charge in [-0.3, -0.25) is 4.79 Å². The highest BCUT2D eigenvalue weighted by molar-refractivity contribution is 7.98. The number of allylic oxidation sites excluding steroid dienone is 1. The van der Waals surface area contributed by atoms with Crippen molar-refractivity contribution in [2.75, 3.05) is 12.9 Å². The molecular weight excluding hydrogens is 220 g/mol. The normalized spacial score (nSPS) is 10.1. The minimum atomic E-state index is -0.0268. The molecule has 0 heterocycles. The molecule has 0 fully saturated rings. The lowest BCUT2D eigenvalue weighted by atomic mass is 10.0. The number of aliphatic hydroxyl groups is 1. The van der Waals surface area contributed by atoms with Gasteiger partial charge in [-0.25, -0.2) is 0 Å². The molecule has 0 spiro atoms. The highest BCUT2D eigenvalue weighted by Gasteiger charge is 2.09. The molecule has 0 aromatic heterocycles. The first-order chi connectivity index (χ1) is 7.69. The second-order valence-corrected chi connectivity index (χ2v) is 4.37. The van der Waals surface area contributed by atoms with Crippen LogP contribution in [0.2, 0.25) is 0 Å². The van der Waals surface area contributed by atoms with Crippen LogP contribution in [0.1, 0.15) is 23.2 Å². The average Bonchev–Trinajstić information content (AvgIpc) is 2.35. The minimum absolute atomic E-state index is 0.0268. The van der Waals surface area contributed by atoms with E-state index in [1.54, 1.807) is 11.8 Å². The summed E-state index contributed by atoms with van der Waals surface area (Å²) in [5.74, 6) is -0.0268. The van der Waals surface area contributed by atoms with Crippen molar-refractivity contribution in [3.63, 3.8) is 0 Å². The first kappa shape index (κ1) is 13.0. The number of carbonyl (C=O) groups is 1. The molecular formula is C13H16O2S. The zero-order chi connectivity index (χ0) is 12.0. The van der Waals surface area contributed by atoms with Gasteiger partial charge in [0, 0.05) is 17.1 Å². The third-order valence-corrected chi connectivity index (χ3v) is 3.05. The van der Waals surface area contributed by atoms with Crippen molar-refractivity contribution in [1.82, 2.24) is 0 Å². The third-order valence-electron chi connectivity index (χ3n) is 2.31. The van der Waals surface area contributed by atoms with Gasteiger partial charge in [0.2, 0.25) is 0 Å². The van der Waals surface area contributed by atoms with Crippen LogP contribution >= 0.6 is 11.8 Å². The molecule has 16 heavy (non-hydrogen) atoms. The smallest absolute Gasteiger partial charge is 0.188 e. The molecule has 0 amide bonds. The van der Waals surface area contributed by atoms with Crippen molar-refractivity contribution in [3.8, 4) is 0 Å². The van der Waals surface area contributed by atoms with Gasteiger partial charge >= 0.3 is 0 Å². The first-order valence-electron chi connectivity index (χ1n) is 5.16. The summed E-state index contributed by atoms with van der Waals surface area (Å²) >= 11 is 1.64. The SMILES string of the molecule is C=C(CCCO)C(=O)c1ccc(SC)cc1. The minimum Gasteiger partial charge on any atom is -0.396 e. The van der Waals surface area contributed by atoms with Crippen molar-refractivity contribution in [3.05, 3.63) is 42.0 Å². The lowest BCUT2D eigenvalue weighted by Crippen LogP contribution is -2.03. The van der Waals surface area contributed by atoms with E-state index in [-0.39, 0.29) is 12.4 Å². The Morgan fingerprint density at radius 3 is 2.50 bits per heavy atom. The van der Waals surface area contributed by atoms with Gasteiger partial charge in [-0.05, 0) is 48.9 Å². The summed E-state index contributed by atoms with van der Waals surface area (Å²) in [4.78, 5) is 13.0. The van der Waals surface area contributed by atoms with Crippen molar-refractivity contribution < 1.29 is 9.90 Å². The predicted octanol–water partition coefficient (Wildman–Crippen LogP) is 2.92. The average molecular weight is 236 g/mol. The Bertz CT molecular complexity index is 368. The fraction of sp³-hybridized carbons (Fsp3) is 0.308. The Kier molecular flexibility index (Phi) is 5.29. The van der Waals surface area contributed by atoms with Crippen LogP contribution in [0.25, 0.3) is 0 Å². The van der Waals surface area contributed by atoms with E-state index in [9.17, 15) is 4.79 Å². The molecule has 1 aromatic rings. The molecule has 3 heteroatoms. The van der Waals surface area contributed by atoms with Crippen LogP contribution in [-0.4, -0.2) is 23.8 Å². The summed E-state index contributed by atoms with van der Waals surface area (Å²) < 4.78 is 0. The summed E-state index contributed by atoms with van der Waals surface area (Å²) in [6, 6.07) is 7.49. The molecule has 1 aromatic carbocycles. The Hall–Kier alpha value is -1.06. The second kappa shape index (κ2) is 6.51. The Balaban J connectivity index is 2.68. The Labute approximate surface area is 100 Å². The fourth-order valence-corrected chi connectivity index (χ4v) is 1.76. The molecule has 1 rings (SSSR count). The monoisotopic (exact) mass is 236 g/mol. The zero-order valence-corrected chi connectivity index (χ0v) is 10.2. The number of ketones is 1. The molecule has 0 saturated heterocycles. The number of thioether (sulfide) groups is 1. The van der Waals surface area contributed by atoms with Crippen LogP contribution in [0.5, 0.6) is 0 Å². The summed E-state index contributed by atoms with van der Waals surface area (Å²) in [5.41, 5.74) is 1.23. The molecule has 0 unspecified atom stereocenters. The number of benzene rings is 1. The molecule has 0 radical (unpaired) electrons. The van der Waals surface area contributed by atoms with E-state index in [4.69, 9.17) is 5.11 Å². The molecule has 2 nitrogen and oxygen atoms in total. The van der Waals surface area contributed by atoms with Crippen molar-refractivity contribution >= 4 is 17.5 Å². The fourth-order valence-electron chi connectivity index (χ4n) is 1.35. The third kappa shape index (κ3) is 3.51. The van der Waals surface area contributed by atoms with Crippen LogP contribution < -0.4 is 0 Å². The predicted molar refractivity (Wildman–Crippen MR) is 68.0 cm³/mol. The molecule has 0 saturated carbocycles. The van der Waals surface area contributed by atoms with E-state index in [1.165, 1.54) is 0 Å². The Morgan fingerprint density at radius 2 is 2.00 bits per heavy atom. The maximum absolute atomic E-state index is 11.9. The number of aliphatic hydroxyl groups excluding tert-OH is 1. The van der Waals surface area contributed by atoms with Gasteiger partial charge in [0.15, 0.2) is 5.78 Å². The van der Waals surface area contributed by atoms with Gasteiger partial charge in [-0.15, -0.1) is 11.8 Å². The maximum atomic E-state index is 11.9. The molecule has 1 N–H and O–H groups in total. The highest BCUT2D eigenvalue weighted by atomic mass is 32.2.